The van der Waals surface area contributed by atoms with Gasteiger partial charge in [-0.15, -0.1) is 0 Å². The Kier molecular flexibility index (Phi) is 7.75. The van der Waals surface area contributed by atoms with Gasteiger partial charge < -0.3 is 20.1 Å². The number of rotatable bonds is 7. The molecule has 0 heterocycles. The van der Waals surface area contributed by atoms with E-state index in [9.17, 15) is 5.11 Å². The van der Waals surface area contributed by atoms with E-state index in [1.165, 1.54) is 0 Å². The smallest absolute Gasteiger partial charge is 0.194 e. The minimum atomic E-state index is -0.672. The Balaban J connectivity index is 2.04. The predicted octanol–water partition coefficient (Wildman–Crippen LogP) is 3.48. The first kappa shape index (κ1) is 20.1. The fourth-order valence-corrected chi connectivity index (χ4v) is 2.77. The van der Waals surface area contributed by atoms with Gasteiger partial charge in [0.2, 0.25) is 0 Å². The van der Waals surface area contributed by atoms with Crippen molar-refractivity contribution >= 4 is 17.6 Å². The van der Waals surface area contributed by atoms with Gasteiger partial charge in [0.1, 0.15) is 5.75 Å². The summed E-state index contributed by atoms with van der Waals surface area (Å²) in [4.78, 5) is 6.58. The number of nitrogens with zero attached hydrogens (tertiary/aromatic N) is 2. The van der Waals surface area contributed by atoms with Gasteiger partial charge >= 0.3 is 0 Å². The molecule has 6 heteroatoms. The fraction of sp³-hybridized carbons (Fsp3) is 0.350. The van der Waals surface area contributed by atoms with Crippen molar-refractivity contribution in [2.45, 2.75) is 19.6 Å². The zero-order chi connectivity index (χ0) is 18.9. The molecule has 2 rings (SSSR count). The van der Waals surface area contributed by atoms with Crippen LogP contribution in [-0.4, -0.2) is 43.2 Å². The van der Waals surface area contributed by atoms with Crippen LogP contribution in [0, 0.1) is 0 Å². The molecule has 0 aliphatic heterocycles. The number of guanidine groups is 1. The molecule has 0 saturated carbocycles. The lowest BCUT2D eigenvalue weighted by atomic mass is 10.1. The van der Waals surface area contributed by atoms with Gasteiger partial charge in [0.25, 0.3) is 0 Å². The number of nitrogens with one attached hydrogen (secondary N) is 1. The highest BCUT2D eigenvalue weighted by molar-refractivity contribution is 6.30. The molecule has 0 fully saturated rings. The molecule has 5 nitrogen and oxygen atoms in total. The Bertz CT molecular complexity index is 719. The van der Waals surface area contributed by atoms with Crippen molar-refractivity contribution in [1.29, 1.82) is 0 Å². The molecule has 26 heavy (non-hydrogen) atoms. The van der Waals surface area contributed by atoms with Crippen LogP contribution in [0.3, 0.4) is 0 Å². The van der Waals surface area contributed by atoms with E-state index in [0.29, 0.717) is 11.6 Å². The van der Waals surface area contributed by atoms with Crippen molar-refractivity contribution in [3.8, 4) is 5.75 Å². The van der Waals surface area contributed by atoms with E-state index in [2.05, 4.69) is 10.3 Å². The van der Waals surface area contributed by atoms with Gasteiger partial charge in [0.15, 0.2) is 5.96 Å². The molecule has 0 aromatic heterocycles. The maximum absolute atomic E-state index is 10.4. The molecule has 2 aromatic rings. The molecule has 1 atom stereocenters. The molecule has 0 amide bonds. The van der Waals surface area contributed by atoms with Crippen molar-refractivity contribution < 1.29 is 9.84 Å². The zero-order valence-corrected chi connectivity index (χ0v) is 16.2. The summed E-state index contributed by atoms with van der Waals surface area (Å²) in [5, 5.41) is 14.4. The Morgan fingerprint density at radius 1 is 1.27 bits per heavy atom. The van der Waals surface area contributed by atoms with Gasteiger partial charge in [0.05, 0.1) is 19.8 Å². The summed E-state index contributed by atoms with van der Waals surface area (Å²) < 4.78 is 5.14. The van der Waals surface area contributed by atoms with Crippen LogP contribution >= 0.6 is 11.6 Å². The maximum Gasteiger partial charge on any atom is 0.194 e. The third-order valence-electron chi connectivity index (χ3n) is 3.92. The molecule has 140 valence electrons. The number of ether oxygens (including phenoxy) is 1. The van der Waals surface area contributed by atoms with Crippen LogP contribution in [0.2, 0.25) is 5.02 Å². The topological polar surface area (TPSA) is 57.1 Å². The Labute approximate surface area is 160 Å². The molecule has 2 N–H and O–H groups in total. The zero-order valence-electron chi connectivity index (χ0n) is 15.4. The van der Waals surface area contributed by atoms with E-state index in [1.54, 1.807) is 7.11 Å². The molecule has 0 aliphatic carbocycles. The normalized spacial score (nSPS) is 12.6. The molecular formula is C20H26ClN3O2. The first-order valence-corrected chi connectivity index (χ1v) is 8.97. The minimum Gasteiger partial charge on any atom is -0.497 e. The summed E-state index contributed by atoms with van der Waals surface area (Å²) >= 11 is 6.05. The average molecular weight is 376 g/mol. The van der Waals surface area contributed by atoms with E-state index in [4.69, 9.17) is 16.3 Å². The lowest BCUT2D eigenvalue weighted by Crippen LogP contribution is -2.38. The lowest BCUT2D eigenvalue weighted by Gasteiger charge is -2.23. The second-order valence-electron chi connectivity index (χ2n) is 5.97. The van der Waals surface area contributed by atoms with E-state index < -0.39 is 6.10 Å². The first-order chi connectivity index (χ1) is 12.5. The number of hydrogen-bond acceptors (Lipinski definition) is 3. The standard InChI is InChI=1S/C20H26ClN3O2/c1-4-22-20(24(2)14-15-6-5-7-17(21)12-15)23-13-19(25)16-8-10-18(26-3)11-9-16/h5-12,19,25H,4,13-14H2,1-3H3,(H,22,23). The quantitative estimate of drug-likeness (QED) is 0.574. The highest BCUT2D eigenvalue weighted by Crippen LogP contribution is 2.18. The molecule has 0 aliphatic rings. The monoisotopic (exact) mass is 375 g/mol. The highest BCUT2D eigenvalue weighted by atomic mass is 35.5. The molecular weight excluding hydrogens is 350 g/mol. The number of aliphatic hydroxyl groups is 1. The fourth-order valence-electron chi connectivity index (χ4n) is 2.56. The Morgan fingerprint density at radius 3 is 2.62 bits per heavy atom. The van der Waals surface area contributed by atoms with Crippen LogP contribution in [0.1, 0.15) is 24.2 Å². The van der Waals surface area contributed by atoms with Crippen molar-refractivity contribution in [2.24, 2.45) is 4.99 Å². The molecule has 1 unspecified atom stereocenters. The molecule has 0 radical (unpaired) electrons. The largest absolute Gasteiger partial charge is 0.497 e. The van der Waals surface area contributed by atoms with Crippen molar-refractivity contribution in [3.05, 3.63) is 64.7 Å². The number of benzene rings is 2. The summed E-state index contributed by atoms with van der Waals surface area (Å²) in [5.41, 5.74) is 1.91. The van der Waals surface area contributed by atoms with Crippen LogP contribution in [0.25, 0.3) is 0 Å². The maximum atomic E-state index is 10.4. The van der Waals surface area contributed by atoms with Gasteiger partial charge in [0, 0.05) is 25.2 Å². The van der Waals surface area contributed by atoms with Crippen LogP contribution in [0.15, 0.2) is 53.5 Å². The van der Waals surface area contributed by atoms with E-state index in [0.717, 1.165) is 29.4 Å². The molecule has 0 saturated heterocycles. The summed E-state index contributed by atoms with van der Waals surface area (Å²) in [6, 6.07) is 15.1. The van der Waals surface area contributed by atoms with Gasteiger partial charge in [-0.05, 0) is 42.3 Å². The van der Waals surface area contributed by atoms with Crippen molar-refractivity contribution in [3.63, 3.8) is 0 Å². The van der Waals surface area contributed by atoms with Crippen LogP contribution < -0.4 is 10.1 Å². The third-order valence-corrected chi connectivity index (χ3v) is 4.15. The Hall–Kier alpha value is -2.24. The van der Waals surface area contributed by atoms with Gasteiger partial charge in [-0.3, -0.25) is 4.99 Å². The highest BCUT2D eigenvalue weighted by Gasteiger charge is 2.11. The Morgan fingerprint density at radius 2 is 2.00 bits per heavy atom. The average Bonchev–Trinajstić information content (AvgIpc) is 2.64. The van der Waals surface area contributed by atoms with Crippen molar-refractivity contribution in [1.82, 2.24) is 10.2 Å². The van der Waals surface area contributed by atoms with Crippen molar-refractivity contribution in [2.75, 3.05) is 27.2 Å². The minimum absolute atomic E-state index is 0.272. The molecule has 2 aromatic carbocycles. The van der Waals surface area contributed by atoms with Gasteiger partial charge in [-0.1, -0.05) is 35.9 Å². The summed E-state index contributed by atoms with van der Waals surface area (Å²) in [5.74, 6) is 1.50. The van der Waals surface area contributed by atoms with Crippen LogP contribution in [0.4, 0.5) is 0 Å². The van der Waals surface area contributed by atoms with Crippen LogP contribution in [0.5, 0.6) is 5.75 Å². The SMILES string of the molecule is CCNC(=NCC(O)c1ccc(OC)cc1)N(C)Cc1cccc(Cl)c1. The lowest BCUT2D eigenvalue weighted by molar-refractivity contribution is 0.186. The number of aliphatic imine (C=N–C) groups is 1. The van der Waals surface area contributed by atoms with Gasteiger partial charge in [-0.25, -0.2) is 0 Å². The predicted molar refractivity (Wildman–Crippen MR) is 107 cm³/mol. The summed E-state index contributed by atoms with van der Waals surface area (Å²) in [6.45, 7) is 3.71. The second kappa shape index (κ2) is 10.0. The molecule has 0 spiro atoms. The summed E-state index contributed by atoms with van der Waals surface area (Å²) in [6.07, 6.45) is -0.672. The van der Waals surface area contributed by atoms with E-state index in [-0.39, 0.29) is 6.54 Å². The van der Waals surface area contributed by atoms with E-state index >= 15 is 0 Å². The first-order valence-electron chi connectivity index (χ1n) is 8.59. The molecule has 0 bridgehead atoms. The van der Waals surface area contributed by atoms with Crippen LogP contribution in [-0.2, 0) is 6.54 Å². The number of methoxy groups -OCH3 is 1. The number of aliphatic hydroxyl groups excluding tert-OH is 1. The third kappa shape index (κ3) is 5.93. The van der Waals surface area contributed by atoms with E-state index in [1.807, 2.05) is 67.4 Å². The number of hydrogen-bond donors (Lipinski definition) is 2. The summed E-state index contributed by atoms with van der Waals surface area (Å²) in [7, 11) is 3.58. The second-order valence-corrected chi connectivity index (χ2v) is 6.41. The number of halogens is 1. The van der Waals surface area contributed by atoms with Gasteiger partial charge in [-0.2, -0.15) is 0 Å².